The molecule has 1 aromatic carbocycles. The van der Waals surface area contributed by atoms with Gasteiger partial charge in [0.2, 0.25) is 0 Å². The molecule has 1 atom stereocenters. The van der Waals surface area contributed by atoms with E-state index in [0.717, 1.165) is 24.0 Å². The van der Waals surface area contributed by atoms with E-state index in [-0.39, 0.29) is 11.2 Å². The predicted molar refractivity (Wildman–Crippen MR) is 90.5 cm³/mol. The molecule has 1 fully saturated rings. The van der Waals surface area contributed by atoms with Crippen LogP contribution >= 0.6 is 0 Å². The zero-order valence-corrected chi connectivity index (χ0v) is 14.3. The third kappa shape index (κ3) is 3.62. The second-order valence-corrected chi connectivity index (χ2v) is 6.93. The molecule has 1 aromatic rings. The van der Waals surface area contributed by atoms with Gasteiger partial charge in [-0.2, -0.15) is 0 Å². The molecule has 1 saturated heterocycles. The Balaban J connectivity index is 2.22. The maximum absolute atomic E-state index is 10.7. The zero-order valence-electron chi connectivity index (χ0n) is 14.3. The zero-order chi connectivity index (χ0) is 16.4. The summed E-state index contributed by atoms with van der Waals surface area (Å²) in [6.45, 7) is 10.2. The molecule has 1 aliphatic rings. The quantitative estimate of drug-likeness (QED) is 0.833. The number of rotatable bonds is 5. The summed E-state index contributed by atoms with van der Waals surface area (Å²) in [5, 5.41) is 10.7. The monoisotopic (exact) mass is 302 g/mol. The number of aliphatic hydroxyl groups is 1. The Bertz CT molecular complexity index is 506. The summed E-state index contributed by atoms with van der Waals surface area (Å²) < 4.78 is 12.0. The van der Waals surface area contributed by atoms with Gasteiger partial charge in [0.25, 0.3) is 0 Å². The van der Waals surface area contributed by atoms with Gasteiger partial charge < -0.3 is 14.4 Å². The molecule has 0 radical (unpaired) electrons. The summed E-state index contributed by atoms with van der Waals surface area (Å²) in [6, 6.07) is 9.72. The van der Waals surface area contributed by atoms with Crippen LogP contribution in [0.5, 0.6) is 0 Å². The van der Waals surface area contributed by atoms with Crippen molar-refractivity contribution in [2.24, 2.45) is 0 Å². The molecule has 120 valence electrons. The summed E-state index contributed by atoms with van der Waals surface area (Å²) >= 11 is 0. The first-order chi connectivity index (χ1) is 10.3. The van der Waals surface area contributed by atoms with Gasteiger partial charge in [-0.25, -0.2) is 0 Å². The number of hydrogen-bond donors (Lipinski definition) is 1. The Morgan fingerprint density at radius 3 is 2.18 bits per heavy atom. The summed E-state index contributed by atoms with van der Waals surface area (Å²) in [4.78, 5) is 0. The molecule has 3 nitrogen and oxygen atoms in total. The van der Waals surface area contributed by atoms with Gasteiger partial charge in [-0.05, 0) is 45.3 Å². The lowest BCUT2D eigenvalue weighted by Gasteiger charge is -2.32. The van der Waals surface area contributed by atoms with Crippen molar-refractivity contribution in [1.82, 2.24) is 0 Å². The third-order valence-electron chi connectivity index (χ3n) is 4.63. The summed E-state index contributed by atoms with van der Waals surface area (Å²) in [7, 11) is -0.412. The van der Waals surface area contributed by atoms with Crippen molar-refractivity contribution >= 4 is 7.12 Å². The highest BCUT2D eigenvalue weighted by Gasteiger charge is 2.50. The largest absolute Gasteiger partial charge is 0.487 e. The molecule has 0 amide bonds. The van der Waals surface area contributed by atoms with E-state index in [4.69, 9.17) is 9.31 Å². The van der Waals surface area contributed by atoms with E-state index < -0.39 is 13.2 Å². The smallest absolute Gasteiger partial charge is 0.400 e. The minimum atomic E-state index is -0.611. The van der Waals surface area contributed by atoms with Gasteiger partial charge in [-0.1, -0.05) is 49.7 Å². The van der Waals surface area contributed by atoms with E-state index in [0.29, 0.717) is 0 Å². The average molecular weight is 302 g/mol. The van der Waals surface area contributed by atoms with E-state index in [1.165, 1.54) is 0 Å². The van der Waals surface area contributed by atoms with Crippen LogP contribution in [0.2, 0.25) is 0 Å². The normalized spacial score (nSPS) is 21.9. The minimum absolute atomic E-state index is 0.358. The van der Waals surface area contributed by atoms with Crippen molar-refractivity contribution in [2.75, 3.05) is 0 Å². The van der Waals surface area contributed by atoms with Crippen molar-refractivity contribution in [3.8, 4) is 0 Å². The van der Waals surface area contributed by atoms with Crippen LogP contribution in [0.4, 0.5) is 0 Å². The lowest BCUT2D eigenvalue weighted by molar-refractivity contribution is 0.00578. The first-order valence-corrected chi connectivity index (χ1v) is 8.06. The van der Waals surface area contributed by atoms with E-state index in [1.54, 1.807) is 0 Å². The molecule has 0 saturated carbocycles. The van der Waals surface area contributed by atoms with Crippen LogP contribution in [-0.2, 0) is 9.31 Å². The van der Waals surface area contributed by atoms with Gasteiger partial charge in [0.05, 0.1) is 17.3 Å². The van der Waals surface area contributed by atoms with Crippen LogP contribution in [0.3, 0.4) is 0 Å². The highest BCUT2D eigenvalue weighted by molar-refractivity contribution is 6.51. The Hall–Kier alpha value is -1.10. The standard InChI is InChI=1S/C18H27BO3/c1-6-10-15(16(20)14-11-8-7-9-12-14)13-19-21-17(2,3)18(4,5)22-19/h7-9,11-13,16,20H,6,10H2,1-5H3. The molecule has 2 rings (SSSR count). The number of hydrogen-bond acceptors (Lipinski definition) is 3. The molecular weight excluding hydrogens is 275 g/mol. The average Bonchev–Trinajstić information content (AvgIpc) is 2.66. The molecule has 1 heterocycles. The summed E-state index contributed by atoms with van der Waals surface area (Å²) in [5.74, 6) is 1.94. The molecule has 0 aromatic heterocycles. The SMILES string of the molecule is CCCC(=CB1OC(C)(C)C(C)(C)O1)C(O)c1ccccc1. The summed E-state index contributed by atoms with van der Waals surface area (Å²) in [5.41, 5.74) is 1.14. The van der Waals surface area contributed by atoms with Crippen LogP contribution in [0.25, 0.3) is 0 Å². The van der Waals surface area contributed by atoms with Gasteiger partial charge in [0.1, 0.15) is 0 Å². The van der Waals surface area contributed by atoms with Crippen LogP contribution in [0.15, 0.2) is 41.9 Å². The molecule has 0 spiro atoms. The molecule has 1 unspecified atom stereocenters. The molecule has 0 aliphatic carbocycles. The number of aliphatic hydroxyl groups excluding tert-OH is 1. The van der Waals surface area contributed by atoms with E-state index in [1.807, 2.05) is 64.0 Å². The topological polar surface area (TPSA) is 38.7 Å². The van der Waals surface area contributed by atoms with Gasteiger partial charge in [0, 0.05) is 0 Å². The predicted octanol–water partition coefficient (Wildman–Crippen LogP) is 4.08. The highest BCUT2D eigenvalue weighted by atomic mass is 16.7. The fraction of sp³-hybridized carbons (Fsp3) is 0.556. The van der Waals surface area contributed by atoms with Crippen molar-refractivity contribution in [2.45, 2.75) is 64.8 Å². The van der Waals surface area contributed by atoms with Crippen LogP contribution in [-0.4, -0.2) is 23.4 Å². The maximum atomic E-state index is 10.7. The minimum Gasteiger partial charge on any atom is -0.400 e. The van der Waals surface area contributed by atoms with E-state index in [2.05, 4.69) is 6.92 Å². The second kappa shape index (κ2) is 6.57. The maximum Gasteiger partial charge on any atom is 0.487 e. The van der Waals surface area contributed by atoms with Gasteiger partial charge in [-0.3, -0.25) is 0 Å². The van der Waals surface area contributed by atoms with Gasteiger partial charge >= 0.3 is 7.12 Å². The second-order valence-electron chi connectivity index (χ2n) is 6.93. The highest BCUT2D eigenvalue weighted by Crippen LogP contribution is 2.38. The molecule has 0 bridgehead atoms. The fourth-order valence-electron chi connectivity index (χ4n) is 2.58. The van der Waals surface area contributed by atoms with Gasteiger partial charge in [0.15, 0.2) is 0 Å². The Morgan fingerprint density at radius 2 is 1.68 bits per heavy atom. The van der Waals surface area contributed by atoms with Crippen LogP contribution in [0.1, 0.15) is 59.1 Å². The Kier molecular flexibility index (Phi) is 5.16. The molecule has 1 aliphatic heterocycles. The first kappa shape index (κ1) is 17.3. The molecule has 4 heteroatoms. The lowest BCUT2D eigenvalue weighted by Crippen LogP contribution is -2.41. The van der Waals surface area contributed by atoms with Crippen molar-refractivity contribution in [3.63, 3.8) is 0 Å². The fourth-order valence-corrected chi connectivity index (χ4v) is 2.58. The molecule has 22 heavy (non-hydrogen) atoms. The van der Waals surface area contributed by atoms with E-state index in [9.17, 15) is 5.11 Å². The third-order valence-corrected chi connectivity index (χ3v) is 4.63. The molecular formula is C18H27BO3. The van der Waals surface area contributed by atoms with E-state index >= 15 is 0 Å². The Morgan fingerprint density at radius 1 is 1.14 bits per heavy atom. The van der Waals surface area contributed by atoms with Crippen molar-refractivity contribution in [3.05, 3.63) is 47.4 Å². The molecule has 1 N–H and O–H groups in total. The summed E-state index contributed by atoms with van der Waals surface area (Å²) in [6.07, 6.45) is 1.18. The van der Waals surface area contributed by atoms with Crippen molar-refractivity contribution in [1.29, 1.82) is 0 Å². The van der Waals surface area contributed by atoms with Crippen LogP contribution in [0, 0.1) is 0 Å². The Labute approximate surface area is 134 Å². The first-order valence-electron chi connectivity index (χ1n) is 8.06. The number of benzene rings is 1. The lowest BCUT2D eigenvalue weighted by atomic mass is 9.83. The van der Waals surface area contributed by atoms with Crippen LogP contribution < -0.4 is 0 Å². The van der Waals surface area contributed by atoms with Crippen molar-refractivity contribution < 1.29 is 14.4 Å². The van der Waals surface area contributed by atoms with Gasteiger partial charge in [-0.15, -0.1) is 0 Å².